The molecule has 4 aromatic rings. The van der Waals surface area contributed by atoms with Crippen LogP contribution in [0.15, 0.2) is 82.4 Å². The summed E-state index contributed by atoms with van der Waals surface area (Å²) in [4.78, 5) is 27.4. The van der Waals surface area contributed by atoms with Gasteiger partial charge in [0, 0.05) is 22.2 Å². The molecule has 0 radical (unpaired) electrons. The van der Waals surface area contributed by atoms with E-state index < -0.39 is 53.1 Å². The molecule has 0 saturated carbocycles. The largest absolute Gasteiger partial charge is 0.476 e. The molecule has 6 nitrogen and oxygen atoms in total. The van der Waals surface area contributed by atoms with Crippen LogP contribution in [0.1, 0.15) is 28.8 Å². The molecule has 1 aliphatic heterocycles. The first-order valence-electron chi connectivity index (χ1n) is 11.5. The summed E-state index contributed by atoms with van der Waals surface area (Å²) < 4.78 is 64.0. The minimum absolute atomic E-state index is 0.136. The number of fused-ring (bicyclic) bond motifs is 1. The quantitative estimate of drug-likeness (QED) is 0.351. The third-order valence-corrected chi connectivity index (χ3v) is 6.79. The van der Waals surface area contributed by atoms with E-state index in [0.29, 0.717) is 5.56 Å². The first kappa shape index (κ1) is 25.7. The second-order valence-corrected chi connectivity index (χ2v) is 9.18. The van der Waals surface area contributed by atoms with Crippen LogP contribution >= 0.6 is 11.6 Å². The number of nitrogens with two attached hydrogens (primary N) is 1. The lowest BCUT2D eigenvalue weighted by molar-refractivity contribution is -0.138. The van der Waals surface area contributed by atoms with Gasteiger partial charge in [-0.15, -0.1) is 0 Å². The Hall–Kier alpha value is -3.89. The highest BCUT2D eigenvalue weighted by atomic mass is 35.5. The molecule has 0 spiro atoms. The lowest BCUT2D eigenvalue weighted by Crippen LogP contribution is -2.43. The molecule has 0 amide bonds. The maximum Gasteiger partial charge on any atom is 0.416 e. The van der Waals surface area contributed by atoms with Crippen LogP contribution in [0.4, 0.5) is 17.6 Å². The molecule has 196 valence electrons. The van der Waals surface area contributed by atoms with E-state index in [9.17, 15) is 27.2 Å². The SMILES string of the molecule is NC(Cn1c(=O)c(-c2ccccc2Cl)c2n(c1=O)C(c1c(F)cccc1C(F)(F)F)CO2)c1ccccc1. The molecule has 5 rings (SSSR count). The van der Waals surface area contributed by atoms with Gasteiger partial charge >= 0.3 is 11.9 Å². The van der Waals surface area contributed by atoms with Crippen LogP contribution in [0.2, 0.25) is 5.02 Å². The lowest BCUT2D eigenvalue weighted by atomic mass is 9.99. The van der Waals surface area contributed by atoms with Crippen molar-refractivity contribution in [3.63, 3.8) is 0 Å². The zero-order valence-corrected chi connectivity index (χ0v) is 20.3. The summed E-state index contributed by atoms with van der Waals surface area (Å²) in [7, 11) is 0. The van der Waals surface area contributed by atoms with E-state index in [1.165, 1.54) is 12.1 Å². The van der Waals surface area contributed by atoms with Crippen LogP contribution in [0.3, 0.4) is 0 Å². The predicted molar refractivity (Wildman–Crippen MR) is 134 cm³/mol. The molecule has 0 fully saturated rings. The Morgan fingerprint density at radius 3 is 2.37 bits per heavy atom. The molecule has 0 bridgehead atoms. The molecular formula is C27H20ClF4N3O3. The van der Waals surface area contributed by atoms with Crippen LogP contribution in [-0.4, -0.2) is 15.7 Å². The number of ether oxygens (including phenoxy) is 1. The number of alkyl halides is 3. The van der Waals surface area contributed by atoms with Crippen molar-refractivity contribution >= 4 is 11.6 Å². The Morgan fingerprint density at radius 1 is 1.00 bits per heavy atom. The van der Waals surface area contributed by atoms with E-state index in [1.54, 1.807) is 42.5 Å². The highest BCUT2D eigenvalue weighted by Crippen LogP contribution is 2.42. The summed E-state index contributed by atoms with van der Waals surface area (Å²) in [6, 6.07) is 15.2. The molecule has 1 aromatic heterocycles. The maximum atomic E-state index is 15.0. The van der Waals surface area contributed by atoms with Gasteiger partial charge in [0.05, 0.1) is 12.1 Å². The van der Waals surface area contributed by atoms with E-state index >= 15 is 0 Å². The fraction of sp³-hybridized carbons (Fsp3) is 0.185. The van der Waals surface area contributed by atoms with Gasteiger partial charge in [-0.1, -0.05) is 66.2 Å². The van der Waals surface area contributed by atoms with Crippen molar-refractivity contribution < 1.29 is 22.3 Å². The average molecular weight is 546 g/mol. The summed E-state index contributed by atoms with van der Waals surface area (Å²) in [5.74, 6) is -1.45. The molecule has 0 saturated heterocycles. The predicted octanol–water partition coefficient (Wildman–Crippen LogP) is 5.17. The van der Waals surface area contributed by atoms with Gasteiger partial charge in [0.1, 0.15) is 24.0 Å². The van der Waals surface area contributed by atoms with Gasteiger partial charge in [0.25, 0.3) is 5.56 Å². The standard InChI is InChI=1S/C27H20ClF4N3O3/c28-18-11-5-4-9-16(18)22-24(36)34(13-20(33)15-7-2-1-3-8-15)26(37)35-21(14-38-25(22)35)23-17(27(30,31)32)10-6-12-19(23)29/h1-12,20-21H,13-14,33H2. The summed E-state index contributed by atoms with van der Waals surface area (Å²) in [6.07, 6.45) is -4.90. The smallest absolute Gasteiger partial charge is 0.416 e. The van der Waals surface area contributed by atoms with Crippen molar-refractivity contribution in [3.8, 4) is 17.0 Å². The van der Waals surface area contributed by atoms with Crippen molar-refractivity contribution in [1.82, 2.24) is 9.13 Å². The Morgan fingerprint density at radius 2 is 1.68 bits per heavy atom. The number of rotatable bonds is 5. The van der Waals surface area contributed by atoms with Crippen LogP contribution in [0.5, 0.6) is 5.88 Å². The van der Waals surface area contributed by atoms with Gasteiger partial charge in [0.2, 0.25) is 5.88 Å². The van der Waals surface area contributed by atoms with Gasteiger partial charge in [-0.2, -0.15) is 13.2 Å². The normalized spacial score (nSPS) is 15.7. The van der Waals surface area contributed by atoms with E-state index in [4.69, 9.17) is 22.1 Å². The van der Waals surface area contributed by atoms with Crippen molar-refractivity contribution in [1.29, 1.82) is 0 Å². The Balaban J connectivity index is 1.78. The van der Waals surface area contributed by atoms with Crippen molar-refractivity contribution in [2.75, 3.05) is 6.61 Å². The Kier molecular flexibility index (Phi) is 6.62. The van der Waals surface area contributed by atoms with Crippen molar-refractivity contribution in [3.05, 3.63) is 121 Å². The molecule has 1 aliphatic rings. The number of halogens is 5. The topological polar surface area (TPSA) is 79.2 Å². The molecule has 11 heteroatoms. The molecule has 38 heavy (non-hydrogen) atoms. The van der Waals surface area contributed by atoms with Gasteiger partial charge in [0.15, 0.2) is 0 Å². The summed E-state index contributed by atoms with van der Waals surface area (Å²) in [6.45, 7) is -0.805. The number of aromatic nitrogens is 2. The molecule has 2 N–H and O–H groups in total. The van der Waals surface area contributed by atoms with Gasteiger partial charge in [-0.05, 0) is 23.8 Å². The maximum absolute atomic E-state index is 15.0. The number of hydrogen-bond donors (Lipinski definition) is 1. The zero-order chi connectivity index (χ0) is 27.2. The fourth-order valence-corrected chi connectivity index (χ4v) is 4.92. The highest BCUT2D eigenvalue weighted by molar-refractivity contribution is 6.33. The molecule has 2 heterocycles. The second kappa shape index (κ2) is 9.77. The monoisotopic (exact) mass is 545 g/mol. The Bertz CT molecular complexity index is 1630. The van der Waals surface area contributed by atoms with Gasteiger partial charge < -0.3 is 10.5 Å². The third-order valence-electron chi connectivity index (χ3n) is 6.46. The van der Waals surface area contributed by atoms with Crippen LogP contribution in [0.25, 0.3) is 11.1 Å². The summed E-state index contributed by atoms with van der Waals surface area (Å²) in [5, 5.41) is 0.152. The van der Waals surface area contributed by atoms with Crippen LogP contribution in [-0.2, 0) is 12.7 Å². The minimum Gasteiger partial charge on any atom is -0.476 e. The van der Waals surface area contributed by atoms with Crippen LogP contribution < -0.4 is 21.7 Å². The minimum atomic E-state index is -4.90. The summed E-state index contributed by atoms with van der Waals surface area (Å²) >= 11 is 6.37. The lowest BCUT2D eigenvalue weighted by Gasteiger charge is -2.21. The highest BCUT2D eigenvalue weighted by Gasteiger charge is 2.41. The van der Waals surface area contributed by atoms with Gasteiger partial charge in [-0.3, -0.25) is 13.9 Å². The Labute approximate surface area is 218 Å². The van der Waals surface area contributed by atoms with E-state index in [-0.39, 0.29) is 28.6 Å². The van der Waals surface area contributed by atoms with Crippen molar-refractivity contribution in [2.24, 2.45) is 5.73 Å². The van der Waals surface area contributed by atoms with Crippen LogP contribution in [0, 0.1) is 5.82 Å². The zero-order valence-electron chi connectivity index (χ0n) is 19.6. The number of nitrogens with zero attached hydrogens (tertiary/aromatic N) is 2. The molecule has 2 unspecified atom stereocenters. The first-order chi connectivity index (χ1) is 18.1. The molecule has 3 aromatic carbocycles. The van der Waals surface area contributed by atoms with E-state index in [0.717, 1.165) is 27.3 Å². The molecule has 2 atom stereocenters. The number of benzene rings is 3. The fourth-order valence-electron chi connectivity index (χ4n) is 4.69. The average Bonchev–Trinajstić information content (AvgIpc) is 3.32. The molecule has 0 aliphatic carbocycles. The van der Waals surface area contributed by atoms with Crippen molar-refractivity contribution in [2.45, 2.75) is 24.8 Å². The van der Waals surface area contributed by atoms with Gasteiger partial charge in [-0.25, -0.2) is 9.18 Å². The first-order valence-corrected chi connectivity index (χ1v) is 11.9. The second-order valence-electron chi connectivity index (χ2n) is 8.77. The van der Waals surface area contributed by atoms with E-state index in [1.807, 2.05) is 0 Å². The third kappa shape index (κ3) is 4.39. The number of hydrogen-bond acceptors (Lipinski definition) is 4. The van der Waals surface area contributed by atoms with E-state index in [2.05, 4.69) is 0 Å². The molecular weight excluding hydrogens is 526 g/mol. The summed E-state index contributed by atoms with van der Waals surface area (Å²) in [5.41, 5.74) is 3.23.